The quantitative estimate of drug-likeness (QED) is 0.611. The molecule has 1 aromatic carbocycles. The Labute approximate surface area is 101 Å². The average molecular weight is 259 g/mol. The highest BCUT2D eigenvalue weighted by Crippen LogP contribution is 2.28. The zero-order valence-electron chi connectivity index (χ0n) is 9.97. The van der Waals surface area contributed by atoms with Crippen LogP contribution in [0.4, 0.5) is 5.69 Å². The Hall–Kier alpha value is -1.27. The molecule has 0 unspecified atom stereocenters. The summed E-state index contributed by atoms with van der Waals surface area (Å²) in [7, 11) is -1.71. The van der Waals surface area contributed by atoms with Gasteiger partial charge in [0.05, 0.1) is 17.2 Å². The van der Waals surface area contributed by atoms with Crippen molar-refractivity contribution < 1.29 is 17.9 Å². The summed E-state index contributed by atoms with van der Waals surface area (Å²) in [6.45, 7) is 1.02. The van der Waals surface area contributed by atoms with Crippen LogP contribution in [-0.2, 0) is 14.6 Å². The summed E-state index contributed by atoms with van der Waals surface area (Å²) in [5, 5.41) is 0. The molecule has 0 radical (unpaired) electrons. The van der Waals surface area contributed by atoms with Gasteiger partial charge in [0.15, 0.2) is 9.84 Å². The van der Waals surface area contributed by atoms with E-state index in [4.69, 9.17) is 15.2 Å². The summed E-state index contributed by atoms with van der Waals surface area (Å²) in [5.41, 5.74) is 5.91. The monoisotopic (exact) mass is 259 g/mol. The van der Waals surface area contributed by atoms with Gasteiger partial charge in [-0.05, 0) is 12.1 Å². The lowest BCUT2D eigenvalue weighted by Gasteiger charge is -2.11. The van der Waals surface area contributed by atoms with Crippen molar-refractivity contribution >= 4 is 15.5 Å². The zero-order valence-corrected chi connectivity index (χ0v) is 10.8. The normalized spacial score (nSPS) is 11.4. The first-order valence-electron chi connectivity index (χ1n) is 5.17. The number of rotatable bonds is 6. The molecular formula is C11H17NO4S. The Morgan fingerprint density at radius 2 is 2.00 bits per heavy atom. The van der Waals surface area contributed by atoms with Crippen molar-refractivity contribution in [1.82, 2.24) is 0 Å². The first kappa shape index (κ1) is 13.8. The molecule has 5 nitrogen and oxygen atoms in total. The minimum Gasteiger partial charge on any atom is -0.491 e. The number of benzene rings is 1. The lowest BCUT2D eigenvalue weighted by atomic mass is 10.3. The zero-order chi connectivity index (χ0) is 12.9. The summed E-state index contributed by atoms with van der Waals surface area (Å²) in [6.07, 6.45) is 1.84. The molecule has 0 aromatic heterocycles. The summed E-state index contributed by atoms with van der Waals surface area (Å²) in [5.74, 6) is 0.393. The van der Waals surface area contributed by atoms with E-state index in [0.29, 0.717) is 19.0 Å². The van der Waals surface area contributed by atoms with Gasteiger partial charge in [0.2, 0.25) is 0 Å². The Morgan fingerprint density at radius 3 is 2.59 bits per heavy atom. The van der Waals surface area contributed by atoms with E-state index in [1.54, 1.807) is 19.2 Å². The molecule has 1 aromatic rings. The molecule has 0 heterocycles. The van der Waals surface area contributed by atoms with E-state index >= 15 is 0 Å². The number of para-hydroxylation sites is 1. The van der Waals surface area contributed by atoms with Crippen LogP contribution >= 0.6 is 0 Å². The molecular weight excluding hydrogens is 242 g/mol. The third-order valence-electron chi connectivity index (χ3n) is 2.18. The van der Waals surface area contributed by atoms with Crippen LogP contribution in [0.1, 0.15) is 6.42 Å². The Kier molecular flexibility index (Phi) is 4.77. The van der Waals surface area contributed by atoms with Gasteiger partial charge in [0, 0.05) is 26.4 Å². The second-order valence-electron chi connectivity index (χ2n) is 3.63. The number of ether oxygens (including phenoxy) is 2. The molecule has 96 valence electrons. The van der Waals surface area contributed by atoms with Crippen LogP contribution in [0.5, 0.6) is 5.75 Å². The lowest BCUT2D eigenvalue weighted by Crippen LogP contribution is -2.07. The number of anilines is 1. The molecule has 0 spiro atoms. The van der Waals surface area contributed by atoms with Crippen molar-refractivity contribution in [1.29, 1.82) is 0 Å². The predicted molar refractivity (Wildman–Crippen MR) is 66.0 cm³/mol. The lowest BCUT2D eigenvalue weighted by molar-refractivity contribution is 0.172. The van der Waals surface area contributed by atoms with Crippen molar-refractivity contribution in [2.45, 2.75) is 11.3 Å². The summed E-state index contributed by atoms with van der Waals surface area (Å²) >= 11 is 0. The Balaban J connectivity index is 2.81. The molecule has 0 saturated carbocycles. The highest BCUT2D eigenvalue weighted by molar-refractivity contribution is 7.90. The van der Waals surface area contributed by atoms with Crippen molar-refractivity contribution in [2.75, 3.05) is 32.3 Å². The van der Waals surface area contributed by atoms with Crippen LogP contribution in [0.25, 0.3) is 0 Å². The maximum Gasteiger partial charge on any atom is 0.177 e. The third kappa shape index (κ3) is 3.90. The topological polar surface area (TPSA) is 78.6 Å². The van der Waals surface area contributed by atoms with E-state index < -0.39 is 9.84 Å². The van der Waals surface area contributed by atoms with Crippen molar-refractivity contribution in [3.8, 4) is 5.75 Å². The van der Waals surface area contributed by atoms with Gasteiger partial charge in [-0.2, -0.15) is 0 Å². The van der Waals surface area contributed by atoms with Gasteiger partial charge in [0.1, 0.15) is 5.75 Å². The summed E-state index contributed by atoms with van der Waals surface area (Å²) in [4.78, 5) is 0.0988. The molecule has 1 rings (SSSR count). The van der Waals surface area contributed by atoms with Gasteiger partial charge in [-0.15, -0.1) is 0 Å². The van der Waals surface area contributed by atoms with E-state index in [0.717, 1.165) is 12.7 Å². The minimum atomic E-state index is -3.32. The Bertz CT molecular complexity index is 470. The fourth-order valence-corrected chi connectivity index (χ4v) is 2.18. The molecule has 2 N–H and O–H groups in total. The Morgan fingerprint density at radius 1 is 1.29 bits per heavy atom. The van der Waals surface area contributed by atoms with E-state index in [9.17, 15) is 8.42 Å². The van der Waals surface area contributed by atoms with Crippen LogP contribution < -0.4 is 10.5 Å². The molecule has 0 saturated heterocycles. The van der Waals surface area contributed by atoms with Crippen LogP contribution in [0.3, 0.4) is 0 Å². The van der Waals surface area contributed by atoms with Crippen molar-refractivity contribution in [3.05, 3.63) is 18.2 Å². The first-order valence-corrected chi connectivity index (χ1v) is 7.06. The summed E-state index contributed by atoms with van der Waals surface area (Å²) in [6, 6.07) is 4.72. The van der Waals surface area contributed by atoms with Gasteiger partial charge in [-0.3, -0.25) is 0 Å². The largest absolute Gasteiger partial charge is 0.491 e. The van der Waals surface area contributed by atoms with E-state index in [-0.39, 0.29) is 10.6 Å². The first-order chi connectivity index (χ1) is 7.96. The van der Waals surface area contributed by atoms with Crippen LogP contribution in [0.15, 0.2) is 23.1 Å². The van der Waals surface area contributed by atoms with Gasteiger partial charge in [0.25, 0.3) is 0 Å². The number of nitrogen functional groups attached to an aromatic ring is 1. The van der Waals surface area contributed by atoms with Crippen LogP contribution in [0, 0.1) is 0 Å². The summed E-state index contributed by atoms with van der Waals surface area (Å²) < 4.78 is 33.1. The molecule has 6 heteroatoms. The maximum absolute atomic E-state index is 11.4. The average Bonchev–Trinajstić information content (AvgIpc) is 2.25. The van der Waals surface area contributed by atoms with Crippen LogP contribution in [-0.4, -0.2) is 35.0 Å². The standard InChI is InChI=1S/C11H17NO4S/c1-15-7-4-8-16-9-5-3-6-10(11(9)12)17(2,13)14/h3,5-6H,4,7-8,12H2,1-2H3. The van der Waals surface area contributed by atoms with Crippen LogP contribution in [0.2, 0.25) is 0 Å². The third-order valence-corrected chi connectivity index (χ3v) is 3.33. The smallest absolute Gasteiger partial charge is 0.177 e. The number of methoxy groups -OCH3 is 1. The SMILES string of the molecule is COCCCOc1cccc(S(C)(=O)=O)c1N. The second kappa shape index (κ2) is 5.88. The minimum absolute atomic E-state index is 0.0988. The second-order valence-corrected chi connectivity index (χ2v) is 5.62. The molecule has 0 amide bonds. The van der Waals surface area contributed by atoms with Gasteiger partial charge in [-0.1, -0.05) is 6.07 Å². The van der Waals surface area contributed by atoms with Crippen molar-refractivity contribution in [3.63, 3.8) is 0 Å². The fraction of sp³-hybridized carbons (Fsp3) is 0.455. The van der Waals surface area contributed by atoms with Gasteiger partial charge < -0.3 is 15.2 Å². The number of hydrogen-bond acceptors (Lipinski definition) is 5. The number of nitrogens with two attached hydrogens (primary N) is 1. The predicted octanol–water partition coefficient (Wildman–Crippen LogP) is 1.09. The van der Waals surface area contributed by atoms with Gasteiger partial charge in [-0.25, -0.2) is 8.42 Å². The molecule has 0 bridgehead atoms. The van der Waals surface area contributed by atoms with Gasteiger partial charge >= 0.3 is 0 Å². The highest BCUT2D eigenvalue weighted by atomic mass is 32.2. The molecule has 17 heavy (non-hydrogen) atoms. The van der Waals surface area contributed by atoms with E-state index in [2.05, 4.69) is 0 Å². The molecule has 0 aliphatic rings. The van der Waals surface area contributed by atoms with E-state index in [1.807, 2.05) is 0 Å². The molecule has 0 aliphatic carbocycles. The molecule has 0 fully saturated rings. The molecule has 0 atom stereocenters. The fourth-order valence-electron chi connectivity index (χ4n) is 1.36. The number of sulfone groups is 1. The number of hydrogen-bond donors (Lipinski definition) is 1. The van der Waals surface area contributed by atoms with E-state index in [1.165, 1.54) is 6.07 Å². The maximum atomic E-state index is 11.4. The molecule has 0 aliphatic heterocycles. The van der Waals surface area contributed by atoms with Crippen molar-refractivity contribution in [2.24, 2.45) is 0 Å². The highest BCUT2D eigenvalue weighted by Gasteiger charge is 2.14.